The maximum atomic E-state index is 11.9. The van der Waals surface area contributed by atoms with Crippen LogP contribution >= 0.6 is 11.6 Å². The van der Waals surface area contributed by atoms with Gasteiger partial charge in [-0.25, -0.2) is 0 Å². The summed E-state index contributed by atoms with van der Waals surface area (Å²) in [5.41, 5.74) is 1.28. The van der Waals surface area contributed by atoms with Gasteiger partial charge >= 0.3 is 0 Å². The summed E-state index contributed by atoms with van der Waals surface area (Å²) < 4.78 is 0. The molecule has 0 bridgehead atoms. The van der Waals surface area contributed by atoms with Crippen LogP contribution in [0.2, 0.25) is 0 Å². The maximum absolute atomic E-state index is 11.9. The average Bonchev–Trinajstić information content (AvgIpc) is 3.19. The van der Waals surface area contributed by atoms with Gasteiger partial charge in [-0.2, -0.15) is 0 Å². The molecular weight excluding hydrogens is 246 g/mol. The van der Waals surface area contributed by atoms with Crippen LogP contribution in [0, 0.1) is 5.92 Å². The molecule has 0 radical (unpaired) electrons. The van der Waals surface area contributed by atoms with Gasteiger partial charge in [0.05, 0.1) is 0 Å². The molecule has 1 aromatic carbocycles. The highest BCUT2D eigenvalue weighted by molar-refractivity contribution is 6.20. The largest absolute Gasteiger partial charge is 0.356 e. The van der Waals surface area contributed by atoms with Gasteiger partial charge < -0.3 is 5.32 Å². The molecule has 0 aliphatic heterocycles. The fraction of sp³-hybridized carbons (Fsp3) is 0.533. The monoisotopic (exact) mass is 265 g/mol. The van der Waals surface area contributed by atoms with Gasteiger partial charge in [0.15, 0.2) is 0 Å². The highest BCUT2D eigenvalue weighted by Crippen LogP contribution is 2.47. The lowest BCUT2D eigenvalue weighted by Crippen LogP contribution is -2.27. The summed E-state index contributed by atoms with van der Waals surface area (Å²) in [6.07, 6.45) is 2.79. The number of carbonyl (C=O) groups is 1. The van der Waals surface area contributed by atoms with Gasteiger partial charge in [0, 0.05) is 17.8 Å². The van der Waals surface area contributed by atoms with Crippen LogP contribution < -0.4 is 5.32 Å². The van der Waals surface area contributed by atoms with E-state index in [9.17, 15) is 4.79 Å². The number of nitrogens with one attached hydrogen (secondary N) is 1. The summed E-state index contributed by atoms with van der Waals surface area (Å²) in [7, 11) is 0. The highest BCUT2D eigenvalue weighted by Gasteiger charge is 2.43. The molecule has 0 saturated heterocycles. The van der Waals surface area contributed by atoms with Crippen molar-refractivity contribution < 1.29 is 4.79 Å². The first-order chi connectivity index (χ1) is 8.72. The molecule has 1 aliphatic rings. The summed E-state index contributed by atoms with van der Waals surface area (Å²) in [6.45, 7) is 2.75. The molecule has 1 saturated carbocycles. The van der Waals surface area contributed by atoms with E-state index in [4.69, 9.17) is 11.6 Å². The number of rotatable bonds is 6. The molecule has 1 aromatic rings. The van der Waals surface area contributed by atoms with Gasteiger partial charge in [-0.15, -0.1) is 11.6 Å². The Morgan fingerprint density at radius 2 is 2.17 bits per heavy atom. The Kier molecular flexibility index (Phi) is 4.65. The third kappa shape index (κ3) is 3.49. The standard InChI is InChI=1S/C15H20ClNO/c1-2-12(16)8-9-17-15(18)14-10-13(14)11-6-4-3-5-7-11/h3-7,12-14H,2,8-10H2,1H3,(H,17,18). The number of carbonyl (C=O) groups excluding carboxylic acids is 1. The van der Waals surface area contributed by atoms with Gasteiger partial charge in [-0.05, 0) is 30.7 Å². The van der Waals surface area contributed by atoms with Crippen LogP contribution in [0.3, 0.4) is 0 Å². The minimum atomic E-state index is 0.169. The van der Waals surface area contributed by atoms with Crippen molar-refractivity contribution in [1.29, 1.82) is 0 Å². The quantitative estimate of drug-likeness (QED) is 0.786. The molecule has 98 valence electrons. The summed E-state index contributed by atoms with van der Waals surface area (Å²) in [6, 6.07) is 10.3. The fourth-order valence-electron chi connectivity index (χ4n) is 2.24. The van der Waals surface area contributed by atoms with E-state index < -0.39 is 0 Å². The van der Waals surface area contributed by atoms with Gasteiger partial charge in [-0.1, -0.05) is 37.3 Å². The molecule has 0 heterocycles. The summed E-state index contributed by atoms with van der Waals surface area (Å²) >= 11 is 6.02. The summed E-state index contributed by atoms with van der Waals surface area (Å²) in [4.78, 5) is 11.9. The first-order valence-corrected chi connectivity index (χ1v) is 7.12. The van der Waals surface area contributed by atoms with E-state index in [1.807, 2.05) is 18.2 Å². The van der Waals surface area contributed by atoms with E-state index in [1.165, 1.54) is 5.56 Å². The Morgan fingerprint density at radius 1 is 1.44 bits per heavy atom. The lowest BCUT2D eigenvalue weighted by molar-refractivity contribution is -0.122. The Labute approximate surface area is 114 Å². The van der Waals surface area contributed by atoms with Gasteiger partial charge in [0.2, 0.25) is 5.91 Å². The van der Waals surface area contributed by atoms with Crippen LogP contribution in [-0.4, -0.2) is 17.8 Å². The lowest BCUT2D eigenvalue weighted by Gasteiger charge is -2.08. The smallest absolute Gasteiger partial charge is 0.223 e. The predicted molar refractivity (Wildman–Crippen MR) is 74.8 cm³/mol. The second kappa shape index (κ2) is 6.24. The Balaban J connectivity index is 1.73. The van der Waals surface area contributed by atoms with Crippen LogP contribution in [0.4, 0.5) is 0 Å². The topological polar surface area (TPSA) is 29.1 Å². The molecule has 1 aliphatic carbocycles. The molecular formula is C15H20ClNO. The van der Waals surface area contributed by atoms with E-state index in [0.717, 1.165) is 19.3 Å². The molecule has 3 unspecified atom stereocenters. The van der Waals surface area contributed by atoms with Crippen LogP contribution in [-0.2, 0) is 4.79 Å². The lowest BCUT2D eigenvalue weighted by atomic mass is 10.1. The average molecular weight is 266 g/mol. The molecule has 3 atom stereocenters. The molecule has 3 heteroatoms. The zero-order chi connectivity index (χ0) is 13.0. The van der Waals surface area contributed by atoms with Crippen LogP contribution in [0.25, 0.3) is 0 Å². The number of alkyl halides is 1. The summed E-state index contributed by atoms with van der Waals surface area (Å²) in [5, 5.41) is 3.16. The first kappa shape index (κ1) is 13.4. The van der Waals surface area contributed by atoms with Gasteiger partial charge in [0.1, 0.15) is 0 Å². The van der Waals surface area contributed by atoms with Crippen LogP contribution in [0.5, 0.6) is 0 Å². The Hall–Kier alpha value is -1.02. The predicted octanol–water partition coefficient (Wildman–Crippen LogP) is 3.31. The Bertz CT molecular complexity index is 393. The molecule has 0 spiro atoms. The number of halogens is 1. The van der Waals surface area contributed by atoms with E-state index in [-0.39, 0.29) is 17.2 Å². The van der Waals surface area contributed by atoms with Gasteiger partial charge in [0.25, 0.3) is 0 Å². The molecule has 2 nitrogen and oxygen atoms in total. The fourth-order valence-corrected chi connectivity index (χ4v) is 2.35. The molecule has 1 fully saturated rings. The van der Waals surface area contributed by atoms with Crippen molar-refractivity contribution in [3.05, 3.63) is 35.9 Å². The van der Waals surface area contributed by atoms with Crippen molar-refractivity contribution in [1.82, 2.24) is 5.32 Å². The third-order valence-corrected chi connectivity index (χ3v) is 4.08. The van der Waals surface area contributed by atoms with E-state index in [0.29, 0.717) is 12.5 Å². The zero-order valence-electron chi connectivity index (χ0n) is 10.7. The number of amides is 1. The van der Waals surface area contributed by atoms with Crippen molar-refractivity contribution in [3.8, 4) is 0 Å². The van der Waals surface area contributed by atoms with E-state index in [2.05, 4.69) is 24.4 Å². The van der Waals surface area contributed by atoms with Crippen molar-refractivity contribution in [2.24, 2.45) is 5.92 Å². The minimum absolute atomic E-state index is 0.169. The van der Waals surface area contributed by atoms with E-state index >= 15 is 0 Å². The summed E-state index contributed by atoms with van der Waals surface area (Å²) in [5.74, 6) is 0.774. The van der Waals surface area contributed by atoms with E-state index in [1.54, 1.807) is 0 Å². The third-order valence-electron chi connectivity index (χ3n) is 3.55. The number of hydrogen-bond donors (Lipinski definition) is 1. The van der Waals surface area contributed by atoms with Crippen molar-refractivity contribution >= 4 is 17.5 Å². The zero-order valence-corrected chi connectivity index (χ0v) is 11.5. The molecule has 0 aromatic heterocycles. The molecule has 18 heavy (non-hydrogen) atoms. The second-order valence-electron chi connectivity index (χ2n) is 4.94. The van der Waals surface area contributed by atoms with Crippen LogP contribution in [0.1, 0.15) is 37.7 Å². The van der Waals surface area contributed by atoms with Gasteiger partial charge in [-0.3, -0.25) is 4.79 Å². The van der Waals surface area contributed by atoms with Crippen molar-refractivity contribution in [3.63, 3.8) is 0 Å². The normalized spacial score (nSPS) is 23.4. The van der Waals surface area contributed by atoms with Crippen molar-refractivity contribution in [2.75, 3.05) is 6.54 Å². The highest BCUT2D eigenvalue weighted by atomic mass is 35.5. The van der Waals surface area contributed by atoms with Crippen LogP contribution in [0.15, 0.2) is 30.3 Å². The maximum Gasteiger partial charge on any atom is 0.223 e. The SMILES string of the molecule is CCC(Cl)CCNC(=O)C1CC1c1ccccc1. The number of hydrogen-bond acceptors (Lipinski definition) is 1. The number of benzene rings is 1. The molecule has 2 rings (SSSR count). The van der Waals surface area contributed by atoms with Crippen molar-refractivity contribution in [2.45, 2.75) is 37.5 Å². The minimum Gasteiger partial charge on any atom is -0.356 e. The molecule has 1 amide bonds. The second-order valence-corrected chi connectivity index (χ2v) is 5.56. The molecule has 1 N–H and O–H groups in total. The first-order valence-electron chi connectivity index (χ1n) is 6.69. The Morgan fingerprint density at radius 3 is 2.83 bits per heavy atom.